The lowest BCUT2D eigenvalue weighted by Gasteiger charge is -2.21. The number of nitrogens with zero attached hydrogens (tertiary/aromatic N) is 2. The second kappa shape index (κ2) is 8.26. The molecule has 0 atom stereocenters. The molecule has 0 bridgehead atoms. The van der Waals surface area contributed by atoms with Gasteiger partial charge in [0.05, 0.1) is 12.3 Å². The highest BCUT2D eigenvalue weighted by Crippen LogP contribution is 2.17. The summed E-state index contributed by atoms with van der Waals surface area (Å²) in [5, 5.41) is 11.7. The van der Waals surface area contributed by atoms with E-state index in [2.05, 4.69) is 10.3 Å². The molecule has 2 aromatic rings. The monoisotopic (exact) mass is 333 g/mol. The molecule has 0 unspecified atom stereocenters. The first-order chi connectivity index (χ1) is 11.1. The normalized spacial score (nSPS) is 10.2. The van der Waals surface area contributed by atoms with E-state index in [0.29, 0.717) is 0 Å². The van der Waals surface area contributed by atoms with E-state index in [0.717, 1.165) is 5.56 Å². The van der Waals surface area contributed by atoms with E-state index in [1.54, 1.807) is 12.1 Å². The minimum atomic E-state index is -0.829. The Kier molecular flexibility index (Phi) is 6.08. The highest BCUT2D eigenvalue weighted by molar-refractivity contribution is 6.41. The number of pyridine rings is 1. The van der Waals surface area contributed by atoms with Crippen LogP contribution in [0.25, 0.3) is 0 Å². The van der Waals surface area contributed by atoms with Crippen molar-refractivity contribution in [3.63, 3.8) is 0 Å². The van der Waals surface area contributed by atoms with Gasteiger partial charge >= 0.3 is 11.8 Å². The molecule has 1 aromatic heterocycles. The smallest absolute Gasteiger partial charge is 0.314 e. The number of hydrogen-bond acceptors (Lipinski definition) is 4. The van der Waals surface area contributed by atoms with Crippen LogP contribution in [0.3, 0.4) is 0 Å². The Hall–Kier alpha value is -2.44. The van der Waals surface area contributed by atoms with Crippen LogP contribution in [0.1, 0.15) is 5.56 Å². The van der Waals surface area contributed by atoms with Gasteiger partial charge in [-0.25, -0.2) is 4.98 Å². The number of carbonyl (C=O) groups is 2. The summed E-state index contributed by atoms with van der Waals surface area (Å²) < 4.78 is 0. The zero-order valence-electron chi connectivity index (χ0n) is 12.3. The number of benzene rings is 1. The minimum Gasteiger partial charge on any atom is -0.395 e. The maximum Gasteiger partial charge on any atom is 0.314 e. The number of carbonyl (C=O) groups excluding carboxylic acids is 2. The van der Waals surface area contributed by atoms with Crippen molar-refractivity contribution in [3.8, 4) is 0 Å². The SMILES string of the molecule is O=C(Nc1cccnc1Cl)C(=O)N(CCO)Cc1ccccc1. The minimum absolute atomic E-state index is 0.0575. The Morgan fingerprint density at radius 3 is 2.57 bits per heavy atom. The molecule has 120 valence electrons. The van der Waals surface area contributed by atoms with E-state index < -0.39 is 11.8 Å². The lowest BCUT2D eigenvalue weighted by atomic mass is 10.2. The number of amides is 2. The van der Waals surface area contributed by atoms with Crippen LogP contribution in [0.15, 0.2) is 48.7 Å². The second-order valence-corrected chi connectivity index (χ2v) is 5.09. The van der Waals surface area contributed by atoms with Gasteiger partial charge in [0.1, 0.15) is 0 Å². The highest BCUT2D eigenvalue weighted by Gasteiger charge is 2.22. The summed E-state index contributed by atoms with van der Waals surface area (Å²) in [4.78, 5) is 29.5. The molecular weight excluding hydrogens is 318 g/mol. The van der Waals surface area contributed by atoms with Gasteiger partial charge in [0.25, 0.3) is 0 Å². The first kappa shape index (κ1) is 16.9. The van der Waals surface area contributed by atoms with E-state index in [1.807, 2.05) is 30.3 Å². The van der Waals surface area contributed by atoms with Crippen molar-refractivity contribution in [1.82, 2.24) is 9.88 Å². The first-order valence-corrected chi connectivity index (χ1v) is 7.35. The molecule has 2 rings (SSSR count). The Morgan fingerprint density at radius 1 is 1.17 bits per heavy atom. The molecule has 0 saturated carbocycles. The molecule has 6 nitrogen and oxygen atoms in total. The number of nitrogens with one attached hydrogen (secondary N) is 1. The third-order valence-electron chi connectivity index (χ3n) is 3.07. The first-order valence-electron chi connectivity index (χ1n) is 6.97. The Labute approximate surface area is 138 Å². The number of halogens is 1. The van der Waals surface area contributed by atoms with Gasteiger partial charge in [-0.05, 0) is 17.7 Å². The molecule has 7 heteroatoms. The van der Waals surface area contributed by atoms with Gasteiger partial charge in [0.15, 0.2) is 5.15 Å². The Bertz CT molecular complexity index is 679. The molecule has 0 aliphatic heterocycles. The summed E-state index contributed by atoms with van der Waals surface area (Å²) in [7, 11) is 0. The van der Waals surface area contributed by atoms with Gasteiger partial charge in [-0.1, -0.05) is 41.9 Å². The van der Waals surface area contributed by atoms with Crippen molar-refractivity contribution < 1.29 is 14.7 Å². The third-order valence-corrected chi connectivity index (χ3v) is 3.38. The van der Waals surface area contributed by atoms with Crippen LogP contribution in [-0.2, 0) is 16.1 Å². The fourth-order valence-corrected chi connectivity index (χ4v) is 2.14. The summed E-state index contributed by atoms with van der Waals surface area (Å²) in [6.07, 6.45) is 1.48. The van der Waals surface area contributed by atoms with Crippen molar-refractivity contribution in [2.75, 3.05) is 18.5 Å². The standard InChI is InChI=1S/C16H16ClN3O3/c17-14-13(7-4-8-18-14)19-15(22)16(23)20(9-10-21)11-12-5-2-1-3-6-12/h1-8,21H,9-11H2,(H,19,22). The molecule has 0 radical (unpaired) electrons. The predicted octanol–water partition coefficient (Wildman–Crippen LogP) is 1.69. The number of aliphatic hydroxyl groups is 1. The van der Waals surface area contributed by atoms with E-state index >= 15 is 0 Å². The van der Waals surface area contributed by atoms with Crippen molar-refractivity contribution in [2.45, 2.75) is 6.54 Å². The zero-order chi connectivity index (χ0) is 16.7. The summed E-state index contributed by atoms with van der Waals surface area (Å²) in [5.74, 6) is -1.58. The molecule has 0 aliphatic carbocycles. The van der Waals surface area contributed by atoms with Crippen LogP contribution < -0.4 is 5.32 Å². The Balaban J connectivity index is 2.08. The van der Waals surface area contributed by atoms with E-state index in [-0.39, 0.29) is 30.5 Å². The lowest BCUT2D eigenvalue weighted by Crippen LogP contribution is -2.40. The predicted molar refractivity (Wildman–Crippen MR) is 86.8 cm³/mol. The molecule has 2 N–H and O–H groups in total. The molecule has 0 aliphatic rings. The maximum atomic E-state index is 12.3. The van der Waals surface area contributed by atoms with Crippen LogP contribution in [-0.4, -0.2) is 40.0 Å². The van der Waals surface area contributed by atoms with Gasteiger partial charge in [-0.2, -0.15) is 0 Å². The largest absolute Gasteiger partial charge is 0.395 e. The fraction of sp³-hybridized carbons (Fsp3) is 0.188. The van der Waals surface area contributed by atoms with Gasteiger partial charge in [0, 0.05) is 19.3 Å². The second-order valence-electron chi connectivity index (χ2n) is 4.73. The lowest BCUT2D eigenvalue weighted by molar-refractivity contribution is -0.143. The molecule has 1 heterocycles. The summed E-state index contributed by atoms with van der Waals surface area (Å²) >= 11 is 5.85. The average Bonchev–Trinajstić information content (AvgIpc) is 2.57. The number of aliphatic hydroxyl groups excluding tert-OH is 1. The van der Waals surface area contributed by atoms with Gasteiger partial charge in [-0.3, -0.25) is 9.59 Å². The number of hydrogen-bond donors (Lipinski definition) is 2. The van der Waals surface area contributed by atoms with Gasteiger partial charge in [0.2, 0.25) is 0 Å². The molecule has 0 saturated heterocycles. The number of anilines is 1. The molecular formula is C16H16ClN3O3. The van der Waals surface area contributed by atoms with Crippen molar-refractivity contribution in [1.29, 1.82) is 0 Å². The van der Waals surface area contributed by atoms with Crippen LogP contribution in [0.5, 0.6) is 0 Å². The number of rotatable bonds is 5. The van der Waals surface area contributed by atoms with Crippen LogP contribution in [0, 0.1) is 0 Å². The van der Waals surface area contributed by atoms with Crippen molar-refractivity contribution in [2.24, 2.45) is 0 Å². The number of aromatic nitrogens is 1. The zero-order valence-corrected chi connectivity index (χ0v) is 13.0. The summed E-state index contributed by atoms with van der Waals surface area (Å²) in [5.41, 5.74) is 1.12. The highest BCUT2D eigenvalue weighted by atomic mass is 35.5. The average molecular weight is 334 g/mol. The quantitative estimate of drug-likeness (QED) is 0.644. The van der Waals surface area contributed by atoms with E-state index in [1.165, 1.54) is 11.1 Å². The summed E-state index contributed by atoms with van der Waals surface area (Å²) in [6.45, 7) is 0.0514. The van der Waals surface area contributed by atoms with Crippen LogP contribution in [0.2, 0.25) is 5.15 Å². The van der Waals surface area contributed by atoms with E-state index in [9.17, 15) is 9.59 Å². The molecule has 0 spiro atoms. The fourth-order valence-electron chi connectivity index (χ4n) is 1.98. The van der Waals surface area contributed by atoms with Gasteiger partial charge in [-0.15, -0.1) is 0 Å². The molecule has 2 amide bonds. The summed E-state index contributed by atoms with van der Waals surface area (Å²) in [6, 6.07) is 12.4. The molecule has 0 fully saturated rings. The molecule has 23 heavy (non-hydrogen) atoms. The van der Waals surface area contributed by atoms with Gasteiger partial charge < -0.3 is 15.3 Å². The van der Waals surface area contributed by atoms with Crippen LogP contribution >= 0.6 is 11.6 Å². The topological polar surface area (TPSA) is 82.5 Å². The van der Waals surface area contributed by atoms with Crippen molar-refractivity contribution >= 4 is 29.1 Å². The van der Waals surface area contributed by atoms with E-state index in [4.69, 9.17) is 16.7 Å². The Morgan fingerprint density at radius 2 is 1.91 bits per heavy atom. The maximum absolute atomic E-state index is 12.3. The molecule has 1 aromatic carbocycles. The van der Waals surface area contributed by atoms with Crippen molar-refractivity contribution in [3.05, 3.63) is 59.4 Å². The van der Waals surface area contributed by atoms with Crippen LogP contribution in [0.4, 0.5) is 5.69 Å². The third kappa shape index (κ3) is 4.77.